The van der Waals surface area contributed by atoms with Crippen molar-refractivity contribution in [3.05, 3.63) is 5.82 Å². The Kier molecular flexibility index (Phi) is 4.44. The van der Waals surface area contributed by atoms with Crippen molar-refractivity contribution in [1.82, 2.24) is 25.9 Å². The zero-order chi connectivity index (χ0) is 10.4. The standard InChI is InChI=1S/C7H15N5O2/c1-5(7(13-2)14-3)8-4-6-9-11-12-10-6/h5,7-8H,4H2,1-3H3,(H,9,10,11,12). The third-order valence-corrected chi connectivity index (χ3v) is 1.84. The molecule has 0 spiro atoms. The predicted molar refractivity (Wildman–Crippen MR) is 48.3 cm³/mol. The number of tetrazole rings is 1. The number of aromatic nitrogens is 4. The molecule has 1 unspecified atom stereocenters. The SMILES string of the molecule is COC(OC)C(C)NCc1nn[nH]n1. The Balaban J connectivity index is 2.30. The maximum absolute atomic E-state index is 5.08. The fourth-order valence-electron chi connectivity index (χ4n) is 1.11. The van der Waals surface area contributed by atoms with E-state index in [0.29, 0.717) is 12.4 Å². The number of nitrogens with zero attached hydrogens (tertiary/aromatic N) is 3. The first kappa shape index (κ1) is 11.0. The van der Waals surface area contributed by atoms with Gasteiger partial charge in [0.05, 0.1) is 12.6 Å². The second kappa shape index (κ2) is 5.63. The molecule has 0 amide bonds. The lowest BCUT2D eigenvalue weighted by atomic mass is 10.3. The molecule has 1 atom stereocenters. The number of hydrogen-bond acceptors (Lipinski definition) is 6. The summed E-state index contributed by atoms with van der Waals surface area (Å²) in [6.45, 7) is 2.48. The maximum Gasteiger partial charge on any atom is 0.188 e. The molecule has 2 N–H and O–H groups in total. The van der Waals surface area contributed by atoms with Crippen LogP contribution in [0.15, 0.2) is 0 Å². The number of rotatable bonds is 6. The van der Waals surface area contributed by atoms with Crippen LogP contribution in [0, 0.1) is 0 Å². The average molecular weight is 201 g/mol. The number of H-pyrrole nitrogens is 1. The number of ether oxygens (including phenoxy) is 2. The summed E-state index contributed by atoms with van der Waals surface area (Å²) in [5, 5.41) is 16.6. The van der Waals surface area contributed by atoms with Crippen molar-refractivity contribution in [2.24, 2.45) is 0 Å². The maximum atomic E-state index is 5.08. The zero-order valence-electron chi connectivity index (χ0n) is 8.52. The van der Waals surface area contributed by atoms with Gasteiger partial charge in [-0.25, -0.2) is 0 Å². The number of nitrogens with one attached hydrogen (secondary N) is 2. The molecule has 0 saturated carbocycles. The van der Waals surface area contributed by atoms with Gasteiger partial charge in [0, 0.05) is 14.2 Å². The molecule has 0 radical (unpaired) electrons. The summed E-state index contributed by atoms with van der Waals surface area (Å²) in [6, 6.07) is 0.0588. The third kappa shape index (κ3) is 3.02. The van der Waals surface area contributed by atoms with E-state index >= 15 is 0 Å². The van der Waals surface area contributed by atoms with Gasteiger partial charge in [0.2, 0.25) is 0 Å². The molecule has 0 fully saturated rings. The predicted octanol–water partition coefficient (Wildman–Crippen LogP) is -0.703. The molecular weight excluding hydrogens is 186 g/mol. The van der Waals surface area contributed by atoms with E-state index in [1.807, 2.05) is 6.92 Å². The Morgan fingerprint density at radius 2 is 2.14 bits per heavy atom. The van der Waals surface area contributed by atoms with Gasteiger partial charge in [-0.15, -0.1) is 10.2 Å². The molecule has 1 aromatic rings. The van der Waals surface area contributed by atoms with Crippen molar-refractivity contribution < 1.29 is 9.47 Å². The lowest BCUT2D eigenvalue weighted by molar-refractivity contribution is -0.119. The minimum absolute atomic E-state index is 0.0588. The van der Waals surface area contributed by atoms with Gasteiger partial charge in [0.25, 0.3) is 0 Å². The summed E-state index contributed by atoms with van der Waals surface area (Å²) in [5.74, 6) is 0.614. The van der Waals surface area contributed by atoms with Crippen LogP contribution >= 0.6 is 0 Å². The van der Waals surface area contributed by atoms with E-state index in [2.05, 4.69) is 25.9 Å². The van der Waals surface area contributed by atoms with E-state index in [0.717, 1.165) is 0 Å². The molecule has 1 rings (SSSR count). The van der Waals surface area contributed by atoms with Crippen LogP contribution in [0.4, 0.5) is 0 Å². The van der Waals surface area contributed by atoms with E-state index in [1.165, 1.54) is 0 Å². The number of hydrogen-bond donors (Lipinski definition) is 2. The third-order valence-electron chi connectivity index (χ3n) is 1.84. The quantitative estimate of drug-likeness (QED) is 0.592. The van der Waals surface area contributed by atoms with Crippen LogP contribution in [-0.2, 0) is 16.0 Å². The van der Waals surface area contributed by atoms with Crippen molar-refractivity contribution in [3.8, 4) is 0 Å². The minimum Gasteiger partial charge on any atom is -0.354 e. The molecule has 0 saturated heterocycles. The highest BCUT2D eigenvalue weighted by Gasteiger charge is 2.15. The normalized spacial score (nSPS) is 13.4. The van der Waals surface area contributed by atoms with E-state index in [-0.39, 0.29) is 12.3 Å². The molecule has 0 aliphatic rings. The molecule has 1 heterocycles. The van der Waals surface area contributed by atoms with Gasteiger partial charge >= 0.3 is 0 Å². The fraction of sp³-hybridized carbons (Fsp3) is 0.857. The highest BCUT2D eigenvalue weighted by molar-refractivity contribution is 4.76. The molecule has 0 aliphatic carbocycles. The summed E-state index contributed by atoms with van der Waals surface area (Å²) in [5.41, 5.74) is 0. The van der Waals surface area contributed by atoms with Crippen molar-refractivity contribution in [3.63, 3.8) is 0 Å². The highest BCUT2D eigenvalue weighted by Crippen LogP contribution is 1.98. The molecule has 7 heteroatoms. The van der Waals surface area contributed by atoms with Crippen LogP contribution in [0.3, 0.4) is 0 Å². The van der Waals surface area contributed by atoms with E-state index in [1.54, 1.807) is 14.2 Å². The first-order valence-corrected chi connectivity index (χ1v) is 4.29. The fourth-order valence-corrected chi connectivity index (χ4v) is 1.11. The first-order chi connectivity index (χ1) is 6.77. The van der Waals surface area contributed by atoms with Gasteiger partial charge in [-0.3, -0.25) is 0 Å². The van der Waals surface area contributed by atoms with Crippen molar-refractivity contribution >= 4 is 0 Å². The summed E-state index contributed by atoms with van der Waals surface area (Å²) >= 11 is 0. The van der Waals surface area contributed by atoms with Gasteiger partial charge in [-0.05, 0) is 6.92 Å². The Morgan fingerprint density at radius 1 is 1.43 bits per heavy atom. The molecular formula is C7H15N5O2. The Morgan fingerprint density at radius 3 is 2.64 bits per heavy atom. The van der Waals surface area contributed by atoms with Gasteiger partial charge in [0.15, 0.2) is 12.1 Å². The van der Waals surface area contributed by atoms with E-state index < -0.39 is 0 Å². The molecule has 80 valence electrons. The highest BCUT2D eigenvalue weighted by atomic mass is 16.7. The summed E-state index contributed by atoms with van der Waals surface area (Å²) in [4.78, 5) is 0. The van der Waals surface area contributed by atoms with Gasteiger partial charge < -0.3 is 14.8 Å². The topological polar surface area (TPSA) is 85.0 Å². The van der Waals surface area contributed by atoms with Gasteiger partial charge in [-0.1, -0.05) is 5.21 Å². The molecule has 0 bridgehead atoms. The first-order valence-electron chi connectivity index (χ1n) is 4.29. The van der Waals surface area contributed by atoms with Gasteiger partial charge in [-0.2, -0.15) is 5.21 Å². The number of aromatic amines is 1. The van der Waals surface area contributed by atoms with Crippen molar-refractivity contribution in [1.29, 1.82) is 0 Å². The summed E-state index contributed by atoms with van der Waals surface area (Å²) in [7, 11) is 3.20. The summed E-state index contributed by atoms with van der Waals surface area (Å²) in [6.07, 6.45) is -0.276. The zero-order valence-corrected chi connectivity index (χ0v) is 8.52. The van der Waals surface area contributed by atoms with Crippen LogP contribution in [0.25, 0.3) is 0 Å². The molecule has 0 aliphatic heterocycles. The van der Waals surface area contributed by atoms with Gasteiger partial charge in [0.1, 0.15) is 0 Å². The average Bonchev–Trinajstić information content (AvgIpc) is 2.69. The van der Waals surface area contributed by atoms with E-state index in [4.69, 9.17) is 9.47 Å². The molecule has 0 aromatic carbocycles. The Labute approximate surface area is 82.2 Å². The van der Waals surface area contributed by atoms with Crippen molar-refractivity contribution in [2.75, 3.05) is 14.2 Å². The lowest BCUT2D eigenvalue weighted by Crippen LogP contribution is -2.39. The van der Waals surface area contributed by atoms with Crippen LogP contribution in [0.1, 0.15) is 12.7 Å². The second-order valence-corrected chi connectivity index (χ2v) is 2.84. The molecule has 7 nitrogen and oxygen atoms in total. The Bertz CT molecular complexity index is 236. The monoisotopic (exact) mass is 201 g/mol. The van der Waals surface area contributed by atoms with Crippen LogP contribution in [0.2, 0.25) is 0 Å². The largest absolute Gasteiger partial charge is 0.354 e. The second-order valence-electron chi connectivity index (χ2n) is 2.84. The molecule has 1 aromatic heterocycles. The minimum atomic E-state index is -0.276. The smallest absolute Gasteiger partial charge is 0.188 e. The van der Waals surface area contributed by atoms with Crippen LogP contribution < -0.4 is 5.32 Å². The van der Waals surface area contributed by atoms with Crippen LogP contribution in [0.5, 0.6) is 0 Å². The molecule has 14 heavy (non-hydrogen) atoms. The van der Waals surface area contributed by atoms with Crippen LogP contribution in [-0.4, -0.2) is 47.2 Å². The number of methoxy groups -OCH3 is 2. The van der Waals surface area contributed by atoms with Crippen molar-refractivity contribution in [2.45, 2.75) is 25.8 Å². The van der Waals surface area contributed by atoms with E-state index in [9.17, 15) is 0 Å². The summed E-state index contributed by atoms with van der Waals surface area (Å²) < 4.78 is 10.2. The lowest BCUT2D eigenvalue weighted by Gasteiger charge is -2.21. The Hall–Kier alpha value is -1.05.